The van der Waals surface area contributed by atoms with Crippen molar-refractivity contribution in [1.82, 2.24) is 0 Å². The SMILES string of the molecule is CC(CC(O)c1ccc(F)cc1)Nc1cccc(S(C)(=O)=O)c1[N+](=O)[O-]. The van der Waals surface area contributed by atoms with Gasteiger partial charge in [-0.3, -0.25) is 10.1 Å². The summed E-state index contributed by atoms with van der Waals surface area (Å²) in [6, 6.07) is 8.97. The van der Waals surface area contributed by atoms with Gasteiger partial charge in [0.05, 0.1) is 11.0 Å². The highest BCUT2D eigenvalue weighted by Crippen LogP contribution is 2.33. The molecular formula is C17H19FN2O5S. The van der Waals surface area contributed by atoms with E-state index in [-0.39, 0.29) is 17.0 Å². The van der Waals surface area contributed by atoms with E-state index in [1.807, 2.05) is 0 Å². The number of aliphatic hydroxyl groups excluding tert-OH is 1. The van der Waals surface area contributed by atoms with Crippen LogP contribution < -0.4 is 5.32 Å². The Kier molecular flexibility index (Phi) is 5.94. The summed E-state index contributed by atoms with van der Waals surface area (Å²) in [4.78, 5) is 10.2. The van der Waals surface area contributed by atoms with E-state index in [0.29, 0.717) is 5.56 Å². The minimum Gasteiger partial charge on any atom is -0.388 e. The highest BCUT2D eigenvalue weighted by molar-refractivity contribution is 7.90. The third kappa shape index (κ3) is 4.77. The van der Waals surface area contributed by atoms with Crippen molar-refractivity contribution in [2.24, 2.45) is 0 Å². The molecule has 2 aromatic rings. The lowest BCUT2D eigenvalue weighted by Gasteiger charge is -2.19. The first-order valence-electron chi connectivity index (χ1n) is 7.77. The largest absolute Gasteiger partial charge is 0.388 e. The molecule has 2 rings (SSSR count). The third-order valence-electron chi connectivity index (χ3n) is 3.81. The maximum absolute atomic E-state index is 12.9. The Hall–Kier alpha value is -2.52. The van der Waals surface area contributed by atoms with E-state index < -0.39 is 38.4 Å². The lowest BCUT2D eigenvalue weighted by molar-refractivity contribution is -0.386. The van der Waals surface area contributed by atoms with Crippen LogP contribution in [0.3, 0.4) is 0 Å². The van der Waals surface area contributed by atoms with Crippen LogP contribution >= 0.6 is 0 Å². The second-order valence-corrected chi connectivity index (χ2v) is 8.01. The Labute approximate surface area is 150 Å². The Morgan fingerprint density at radius 2 is 1.85 bits per heavy atom. The van der Waals surface area contributed by atoms with Crippen molar-refractivity contribution in [3.8, 4) is 0 Å². The lowest BCUT2D eigenvalue weighted by atomic mass is 10.0. The van der Waals surface area contributed by atoms with E-state index >= 15 is 0 Å². The zero-order valence-electron chi connectivity index (χ0n) is 14.2. The predicted octanol–water partition coefficient (Wildman–Crippen LogP) is 3.06. The molecule has 0 aliphatic rings. The highest BCUT2D eigenvalue weighted by atomic mass is 32.2. The Morgan fingerprint density at radius 1 is 1.23 bits per heavy atom. The van der Waals surface area contributed by atoms with Gasteiger partial charge in [0.1, 0.15) is 16.4 Å². The van der Waals surface area contributed by atoms with Gasteiger partial charge in [-0.25, -0.2) is 12.8 Å². The number of rotatable bonds is 7. The fourth-order valence-corrected chi connectivity index (χ4v) is 3.47. The van der Waals surface area contributed by atoms with Gasteiger partial charge in [0, 0.05) is 12.3 Å². The van der Waals surface area contributed by atoms with Gasteiger partial charge in [-0.05, 0) is 43.2 Å². The Morgan fingerprint density at radius 3 is 2.38 bits per heavy atom. The van der Waals surface area contributed by atoms with Crippen molar-refractivity contribution in [1.29, 1.82) is 0 Å². The molecule has 2 N–H and O–H groups in total. The number of nitrogens with zero attached hydrogens (tertiary/aromatic N) is 1. The van der Waals surface area contributed by atoms with E-state index in [1.54, 1.807) is 6.92 Å². The average Bonchev–Trinajstić information content (AvgIpc) is 2.54. The molecule has 26 heavy (non-hydrogen) atoms. The van der Waals surface area contributed by atoms with E-state index in [1.165, 1.54) is 42.5 Å². The summed E-state index contributed by atoms with van der Waals surface area (Å²) in [6.45, 7) is 1.70. The molecule has 0 heterocycles. The number of hydrogen-bond donors (Lipinski definition) is 2. The standard InChI is InChI=1S/C17H19FN2O5S/c1-11(10-15(21)12-6-8-13(18)9-7-12)19-14-4-3-5-16(26(2,24)25)17(14)20(22)23/h3-9,11,15,19,21H,10H2,1-2H3. The first kappa shape index (κ1) is 19.8. The van der Waals surface area contributed by atoms with Crippen LogP contribution in [0.5, 0.6) is 0 Å². The zero-order chi connectivity index (χ0) is 19.5. The van der Waals surface area contributed by atoms with Gasteiger partial charge in [-0.2, -0.15) is 0 Å². The number of nitrogens with one attached hydrogen (secondary N) is 1. The van der Waals surface area contributed by atoms with Gasteiger partial charge in [-0.15, -0.1) is 0 Å². The van der Waals surface area contributed by atoms with Gasteiger partial charge in [0.15, 0.2) is 9.84 Å². The number of sulfone groups is 1. The maximum Gasteiger partial charge on any atom is 0.310 e. The smallest absolute Gasteiger partial charge is 0.310 e. The van der Waals surface area contributed by atoms with Crippen LogP contribution in [0.4, 0.5) is 15.8 Å². The van der Waals surface area contributed by atoms with Crippen LogP contribution in [0.15, 0.2) is 47.4 Å². The minimum absolute atomic E-state index is 0.0525. The molecule has 0 saturated heterocycles. The summed E-state index contributed by atoms with van der Waals surface area (Å²) in [6.07, 6.45) is 0.183. The molecular weight excluding hydrogens is 363 g/mol. The first-order valence-corrected chi connectivity index (χ1v) is 9.66. The molecule has 0 spiro atoms. The van der Waals surface area contributed by atoms with Crippen molar-refractivity contribution in [2.75, 3.05) is 11.6 Å². The number of anilines is 1. The summed E-state index contributed by atoms with van der Waals surface area (Å²) < 4.78 is 36.5. The summed E-state index contributed by atoms with van der Waals surface area (Å²) >= 11 is 0. The lowest BCUT2D eigenvalue weighted by Crippen LogP contribution is -2.20. The number of nitro groups is 1. The topological polar surface area (TPSA) is 110 Å². The molecule has 0 radical (unpaired) electrons. The second-order valence-electron chi connectivity index (χ2n) is 6.03. The van der Waals surface area contributed by atoms with Crippen molar-refractivity contribution >= 4 is 21.2 Å². The Balaban J connectivity index is 2.22. The van der Waals surface area contributed by atoms with E-state index in [9.17, 15) is 28.0 Å². The van der Waals surface area contributed by atoms with Crippen LogP contribution in [-0.2, 0) is 9.84 Å². The molecule has 2 aromatic carbocycles. The van der Waals surface area contributed by atoms with Crippen LogP contribution in [0, 0.1) is 15.9 Å². The van der Waals surface area contributed by atoms with Gasteiger partial charge in [-0.1, -0.05) is 18.2 Å². The van der Waals surface area contributed by atoms with Gasteiger partial charge in [0.2, 0.25) is 0 Å². The van der Waals surface area contributed by atoms with E-state index in [4.69, 9.17) is 0 Å². The van der Waals surface area contributed by atoms with Crippen molar-refractivity contribution in [3.05, 3.63) is 64.0 Å². The van der Waals surface area contributed by atoms with Crippen LogP contribution in [0.25, 0.3) is 0 Å². The summed E-state index contributed by atoms with van der Waals surface area (Å²) in [5.41, 5.74) is 0.0364. The third-order valence-corrected chi connectivity index (χ3v) is 4.94. The molecule has 0 saturated carbocycles. The first-order chi connectivity index (χ1) is 12.1. The molecule has 7 nitrogen and oxygen atoms in total. The molecule has 0 aromatic heterocycles. The van der Waals surface area contributed by atoms with Crippen molar-refractivity contribution in [2.45, 2.75) is 30.4 Å². The number of hydrogen-bond acceptors (Lipinski definition) is 6. The number of aliphatic hydroxyl groups is 1. The molecule has 2 atom stereocenters. The van der Waals surface area contributed by atoms with Crippen LogP contribution in [-0.4, -0.2) is 30.7 Å². The fourth-order valence-electron chi connectivity index (χ4n) is 2.61. The maximum atomic E-state index is 12.9. The zero-order valence-corrected chi connectivity index (χ0v) is 15.0. The monoisotopic (exact) mass is 382 g/mol. The van der Waals surface area contributed by atoms with E-state index in [2.05, 4.69) is 5.32 Å². The van der Waals surface area contributed by atoms with E-state index in [0.717, 1.165) is 6.26 Å². The summed E-state index contributed by atoms with van der Waals surface area (Å²) in [5.74, 6) is -0.416. The quantitative estimate of drug-likeness (QED) is 0.563. The summed E-state index contributed by atoms with van der Waals surface area (Å²) in [5, 5.41) is 24.5. The predicted molar refractivity (Wildman–Crippen MR) is 95.3 cm³/mol. The number of nitro benzene ring substituents is 1. The highest BCUT2D eigenvalue weighted by Gasteiger charge is 2.27. The molecule has 2 unspecified atom stereocenters. The van der Waals surface area contributed by atoms with Gasteiger partial charge < -0.3 is 10.4 Å². The molecule has 0 aliphatic heterocycles. The number of para-hydroxylation sites is 1. The molecule has 0 bridgehead atoms. The summed E-state index contributed by atoms with van der Waals surface area (Å²) in [7, 11) is -3.77. The van der Waals surface area contributed by atoms with Crippen molar-refractivity contribution < 1.29 is 22.8 Å². The normalized spacial score (nSPS) is 13.8. The van der Waals surface area contributed by atoms with Crippen LogP contribution in [0.1, 0.15) is 25.0 Å². The molecule has 0 fully saturated rings. The number of halogens is 1. The molecule has 140 valence electrons. The molecule has 9 heteroatoms. The molecule has 0 aliphatic carbocycles. The van der Waals surface area contributed by atoms with Crippen LogP contribution in [0.2, 0.25) is 0 Å². The van der Waals surface area contributed by atoms with Gasteiger partial charge >= 0.3 is 5.69 Å². The second kappa shape index (κ2) is 7.79. The fraction of sp³-hybridized carbons (Fsp3) is 0.294. The molecule has 0 amide bonds. The van der Waals surface area contributed by atoms with Gasteiger partial charge in [0.25, 0.3) is 0 Å². The Bertz CT molecular complexity index is 900. The average molecular weight is 382 g/mol. The minimum atomic E-state index is -3.77. The number of benzene rings is 2. The van der Waals surface area contributed by atoms with Crippen molar-refractivity contribution in [3.63, 3.8) is 0 Å².